The largest absolute Gasteiger partial charge is 0.361 e. The molecule has 0 aliphatic carbocycles. The molecule has 0 saturated heterocycles. The number of H-pyrrole nitrogens is 1. The third-order valence-corrected chi connectivity index (χ3v) is 3.81. The fourth-order valence-corrected chi connectivity index (χ4v) is 2.46. The van der Waals surface area contributed by atoms with E-state index in [4.69, 9.17) is 0 Å². The Labute approximate surface area is 119 Å². The van der Waals surface area contributed by atoms with Crippen LogP contribution in [0.4, 0.5) is 0 Å². The molecule has 3 rings (SSSR count). The third kappa shape index (κ3) is 2.75. The van der Waals surface area contributed by atoms with E-state index in [0.29, 0.717) is 6.04 Å². The van der Waals surface area contributed by atoms with Crippen LogP contribution in [0.3, 0.4) is 0 Å². The second-order valence-electron chi connectivity index (χ2n) is 5.41. The fraction of sp³-hybridized carbons (Fsp3) is 0.222. The molecule has 2 N–H and O–H groups in total. The van der Waals surface area contributed by atoms with Gasteiger partial charge in [-0.1, -0.05) is 35.9 Å². The second kappa shape index (κ2) is 5.51. The van der Waals surface area contributed by atoms with Crippen LogP contribution >= 0.6 is 0 Å². The van der Waals surface area contributed by atoms with Gasteiger partial charge < -0.3 is 10.3 Å². The summed E-state index contributed by atoms with van der Waals surface area (Å²) in [6.07, 6.45) is 1.98. The molecule has 1 unspecified atom stereocenters. The van der Waals surface area contributed by atoms with E-state index in [1.807, 2.05) is 6.20 Å². The van der Waals surface area contributed by atoms with Gasteiger partial charge in [-0.05, 0) is 48.6 Å². The van der Waals surface area contributed by atoms with Crippen LogP contribution in [0.15, 0.2) is 54.7 Å². The first-order valence-electron chi connectivity index (χ1n) is 7.08. The minimum Gasteiger partial charge on any atom is -0.361 e. The van der Waals surface area contributed by atoms with E-state index in [-0.39, 0.29) is 0 Å². The molecule has 20 heavy (non-hydrogen) atoms. The summed E-state index contributed by atoms with van der Waals surface area (Å²) < 4.78 is 0. The zero-order valence-corrected chi connectivity index (χ0v) is 12.0. The molecule has 2 heteroatoms. The lowest BCUT2D eigenvalue weighted by Gasteiger charge is -2.14. The maximum atomic E-state index is 3.58. The van der Waals surface area contributed by atoms with Crippen LogP contribution < -0.4 is 5.32 Å². The number of aryl methyl sites for hydroxylation is 1. The summed E-state index contributed by atoms with van der Waals surface area (Å²) in [6, 6.07) is 17.8. The quantitative estimate of drug-likeness (QED) is 0.721. The number of fused-ring (bicyclic) bond motifs is 1. The SMILES string of the molecule is Cc1ccc(C(C)NCc2ccc3[nH]ccc3c2)cc1. The molecule has 0 aliphatic rings. The normalized spacial score (nSPS) is 12.7. The molecule has 0 bridgehead atoms. The number of aromatic amines is 1. The number of aromatic nitrogens is 1. The van der Waals surface area contributed by atoms with Gasteiger partial charge in [-0.25, -0.2) is 0 Å². The van der Waals surface area contributed by atoms with Gasteiger partial charge in [0, 0.05) is 24.3 Å². The summed E-state index contributed by atoms with van der Waals surface area (Å²) >= 11 is 0. The van der Waals surface area contributed by atoms with E-state index in [2.05, 4.69) is 72.7 Å². The maximum Gasteiger partial charge on any atom is 0.0454 e. The average Bonchev–Trinajstić information content (AvgIpc) is 2.93. The molecule has 102 valence electrons. The molecule has 0 spiro atoms. The van der Waals surface area contributed by atoms with Crippen LogP contribution in [-0.2, 0) is 6.54 Å². The van der Waals surface area contributed by atoms with Crippen molar-refractivity contribution in [1.82, 2.24) is 10.3 Å². The minimum atomic E-state index is 0.359. The van der Waals surface area contributed by atoms with E-state index in [9.17, 15) is 0 Å². The average molecular weight is 264 g/mol. The number of hydrogen-bond acceptors (Lipinski definition) is 1. The highest BCUT2D eigenvalue weighted by atomic mass is 14.9. The highest BCUT2D eigenvalue weighted by Gasteiger charge is 2.05. The van der Waals surface area contributed by atoms with E-state index < -0.39 is 0 Å². The van der Waals surface area contributed by atoms with Crippen molar-refractivity contribution in [1.29, 1.82) is 0 Å². The van der Waals surface area contributed by atoms with E-state index in [1.165, 1.54) is 27.6 Å². The van der Waals surface area contributed by atoms with Crippen molar-refractivity contribution in [3.05, 3.63) is 71.4 Å². The summed E-state index contributed by atoms with van der Waals surface area (Å²) in [5.74, 6) is 0. The van der Waals surface area contributed by atoms with E-state index >= 15 is 0 Å². The van der Waals surface area contributed by atoms with Crippen molar-refractivity contribution < 1.29 is 0 Å². The first-order valence-corrected chi connectivity index (χ1v) is 7.08. The van der Waals surface area contributed by atoms with Gasteiger partial charge in [0.05, 0.1) is 0 Å². The maximum absolute atomic E-state index is 3.58. The van der Waals surface area contributed by atoms with Crippen molar-refractivity contribution in [2.75, 3.05) is 0 Å². The van der Waals surface area contributed by atoms with Crippen LogP contribution in [-0.4, -0.2) is 4.98 Å². The topological polar surface area (TPSA) is 27.8 Å². The van der Waals surface area contributed by atoms with Crippen molar-refractivity contribution >= 4 is 10.9 Å². The summed E-state index contributed by atoms with van der Waals surface area (Å²) in [5.41, 5.74) is 5.15. The molecule has 0 aliphatic heterocycles. The summed E-state index contributed by atoms with van der Waals surface area (Å²) in [7, 11) is 0. The molecule has 2 aromatic carbocycles. The van der Waals surface area contributed by atoms with Crippen LogP contribution in [0, 0.1) is 6.92 Å². The molecule has 0 radical (unpaired) electrons. The lowest BCUT2D eigenvalue weighted by atomic mass is 10.1. The van der Waals surface area contributed by atoms with Crippen LogP contribution in [0.2, 0.25) is 0 Å². The Bertz CT molecular complexity index is 695. The Morgan fingerprint density at radius 3 is 2.65 bits per heavy atom. The molecule has 3 aromatic rings. The van der Waals surface area contributed by atoms with Gasteiger partial charge in [0.15, 0.2) is 0 Å². The molecule has 1 heterocycles. The van der Waals surface area contributed by atoms with Gasteiger partial charge in [-0.3, -0.25) is 0 Å². The van der Waals surface area contributed by atoms with Crippen molar-refractivity contribution in [2.45, 2.75) is 26.4 Å². The third-order valence-electron chi connectivity index (χ3n) is 3.81. The second-order valence-corrected chi connectivity index (χ2v) is 5.41. The number of benzene rings is 2. The lowest BCUT2D eigenvalue weighted by Crippen LogP contribution is -2.17. The molecule has 2 nitrogen and oxygen atoms in total. The first-order chi connectivity index (χ1) is 9.72. The van der Waals surface area contributed by atoms with Gasteiger partial charge in [0.1, 0.15) is 0 Å². The van der Waals surface area contributed by atoms with Gasteiger partial charge in [0.25, 0.3) is 0 Å². The van der Waals surface area contributed by atoms with Gasteiger partial charge >= 0.3 is 0 Å². The molecular formula is C18H20N2. The Morgan fingerprint density at radius 2 is 1.85 bits per heavy atom. The standard InChI is InChI=1S/C18H20N2/c1-13-3-6-16(7-4-13)14(2)20-12-15-5-8-18-17(11-15)9-10-19-18/h3-11,14,19-20H,12H2,1-2H3. The molecule has 1 aromatic heterocycles. The molecule has 0 saturated carbocycles. The molecular weight excluding hydrogens is 244 g/mol. The van der Waals surface area contributed by atoms with E-state index in [1.54, 1.807) is 0 Å². The zero-order valence-electron chi connectivity index (χ0n) is 12.0. The first kappa shape index (κ1) is 12.9. The van der Waals surface area contributed by atoms with Crippen molar-refractivity contribution in [3.63, 3.8) is 0 Å². The van der Waals surface area contributed by atoms with E-state index in [0.717, 1.165) is 6.54 Å². The lowest BCUT2D eigenvalue weighted by molar-refractivity contribution is 0.575. The van der Waals surface area contributed by atoms with Crippen LogP contribution in [0.25, 0.3) is 10.9 Å². The Balaban J connectivity index is 1.67. The highest BCUT2D eigenvalue weighted by molar-refractivity contribution is 5.79. The number of hydrogen-bond donors (Lipinski definition) is 2. The van der Waals surface area contributed by atoms with Crippen LogP contribution in [0.1, 0.15) is 29.7 Å². The predicted octanol–water partition coefficient (Wildman–Crippen LogP) is 4.33. The van der Waals surface area contributed by atoms with Crippen molar-refractivity contribution in [3.8, 4) is 0 Å². The fourth-order valence-electron chi connectivity index (χ4n) is 2.46. The van der Waals surface area contributed by atoms with Crippen LogP contribution in [0.5, 0.6) is 0 Å². The van der Waals surface area contributed by atoms with Gasteiger partial charge in [-0.2, -0.15) is 0 Å². The molecule has 0 amide bonds. The smallest absolute Gasteiger partial charge is 0.0454 e. The Kier molecular flexibility index (Phi) is 3.57. The minimum absolute atomic E-state index is 0.359. The van der Waals surface area contributed by atoms with Gasteiger partial charge in [0.2, 0.25) is 0 Å². The molecule has 1 atom stereocenters. The summed E-state index contributed by atoms with van der Waals surface area (Å²) in [6.45, 7) is 5.21. The predicted molar refractivity (Wildman–Crippen MR) is 84.7 cm³/mol. The Morgan fingerprint density at radius 1 is 1.05 bits per heavy atom. The van der Waals surface area contributed by atoms with Gasteiger partial charge in [-0.15, -0.1) is 0 Å². The monoisotopic (exact) mass is 264 g/mol. The molecule has 0 fully saturated rings. The number of nitrogens with one attached hydrogen (secondary N) is 2. The van der Waals surface area contributed by atoms with Crippen molar-refractivity contribution in [2.24, 2.45) is 0 Å². The Hall–Kier alpha value is -2.06. The summed E-state index contributed by atoms with van der Waals surface area (Å²) in [4.78, 5) is 3.22. The highest BCUT2D eigenvalue weighted by Crippen LogP contribution is 2.17. The summed E-state index contributed by atoms with van der Waals surface area (Å²) in [5, 5.41) is 4.85. The zero-order chi connectivity index (χ0) is 13.9. The number of rotatable bonds is 4.